The van der Waals surface area contributed by atoms with Crippen LogP contribution in [-0.4, -0.2) is 17.3 Å². The van der Waals surface area contributed by atoms with E-state index in [1.165, 1.54) is 52.3 Å². The molecule has 0 atom stereocenters. The Balaban J connectivity index is -0.0000000507. The molecule has 3 nitrogen and oxygen atoms in total. The Morgan fingerprint density at radius 2 is 0.400 bits per heavy atom. The number of hydrogen-bond acceptors (Lipinski definition) is 3. The molecule has 0 saturated carbocycles. The molecule has 0 fully saturated rings. The second kappa shape index (κ2) is 65.2. The number of ketones is 3. The molecular formula is C37H68O3. The first-order valence-electron chi connectivity index (χ1n) is 15.0. The lowest BCUT2D eigenvalue weighted by molar-refractivity contribution is -0.115. The lowest BCUT2D eigenvalue weighted by Gasteiger charge is -1.92. The summed E-state index contributed by atoms with van der Waals surface area (Å²) in [7, 11) is 0. The Morgan fingerprint density at radius 3 is 0.500 bits per heavy atom. The molecule has 0 heterocycles. The summed E-state index contributed by atoms with van der Waals surface area (Å²) in [6, 6.07) is 28.7. The highest BCUT2D eigenvalue weighted by Crippen LogP contribution is 2.11. The van der Waals surface area contributed by atoms with Crippen LogP contribution in [0.15, 0.2) is 84.9 Å². The fourth-order valence-corrected chi connectivity index (χ4v) is 1.52. The number of hydrogen-bond donors (Lipinski definition) is 0. The van der Waals surface area contributed by atoms with Crippen molar-refractivity contribution in [2.45, 2.75) is 125 Å². The summed E-state index contributed by atoms with van der Waals surface area (Å²) in [5.74, 6) is 0.500. The minimum atomic E-state index is 0.167. The number of carbonyl (C=O) groups excluding carboxylic acids is 3. The molecule has 0 aromatic heterocycles. The average Bonchev–Trinajstić information content (AvgIpc) is 3.00. The van der Waals surface area contributed by atoms with Gasteiger partial charge in [0, 0.05) is 0 Å². The average molecular weight is 561 g/mol. The summed E-state index contributed by atoms with van der Waals surface area (Å²) >= 11 is 0. The molecular weight excluding hydrogens is 492 g/mol. The van der Waals surface area contributed by atoms with Crippen molar-refractivity contribution in [1.29, 1.82) is 0 Å². The Labute approximate surface area is 251 Å². The highest BCUT2D eigenvalue weighted by Gasteiger charge is 1.85. The molecule has 0 spiro atoms. The lowest BCUT2D eigenvalue weighted by atomic mass is 10.1. The molecule has 234 valence electrons. The normalized spacial score (nSPS) is 6.55. The van der Waals surface area contributed by atoms with E-state index in [9.17, 15) is 14.4 Å². The van der Waals surface area contributed by atoms with E-state index < -0.39 is 0 Å². The number of fused-ring (bicyclic) bond motifs is 1. The SMILES string of the molecule is CC.CC.CC.CC.CC.CC.CC(C)=O.CC(C)=O.CC(C)=O.c1ccc2ccccc2c1.c1ccccc1. The standard InChI is InChI=1S/C10H8.C6H6.3C3H6O.6C2H6/c1-2-6-10-8-4-3-7-9(10)5-1;1-2-4-6-5-3-1;3*1-3(2)4;6*1-2/h1-8H;1-6H;3*1-2H3;6*1-2H3. The van der Waals surface area contributed by atoms with Gasteiger partial charge in [0.15, 0.2) is 0 Å². The van der Waals surface area contributed by atoms with Crippen molar-refractivity contribution >= 4 is 28.1 Å². The number of rotatable bonds is 0. The summed E-state index contributed by atoms with van der Waals surface area (Å²) < 4.78 is 0. The molecule has 3 heteroatoms. The largest absolute Gasteiger partial charge is 0.300 e. The first-order valence-corrected chi connectivity index (χ1v) is 15.0. The molecule has 0 aliphatic carbocycles. The smallest absolute Gasteiger partial charge is 0.126 e. The topological polar surface area (TPSA) is 51.2 Å². The van der Waals surface area contributed by atoms with Crippen LogP contribution in [0.25, 0.3) is 10.8 Å². The summed E-state index contributed by atoms with van der Waals surface area (Å²) in [6.45, 7) is 33.2. The zero-order chi connectivity index (χ0) is 33.8. The van der Waals surface area contributed by atoms with Crippen LogP contribution in [0.3, 0.4) is 0 Å². The van der Waals surface area contributed by atoms with Crippen molar-refractivity contribution in [3.63, 3.8) is 0 Å². The third kappa shape index (κ3) is 91.8. The van der Waals surface area contributed by atoms with E-state index >= 15 is 0 Å². The predicted molar refractivity (Wildman–Crippen MR) is 188 cm³/mol. The predicted octanol–water partition coefficient (Wildman–Crippen LogP) is 12.5. The molecule has 0 amide bonds. The Morgan fingerprint density at radius 1 is 0.300 bits per heavy atom. The molecule has 0 saturated heterocycles. The highest BCUT2D eigenvalue weighted by molar-refractivity contribution is 5.82. The highest BCUT2D eigenvalue weighted by atomic mass is 16.1. The molecule has 0 unspecified atom stereocenters. The maximum Gasteiger partial charge on any atom is 0.126 e. The Bertz CT molecular complexity index is 662. The van der Waals surface area contributed by atoms with Gasteiger partial charge in [-0.15, -0.1) is 0 Å². The maximum absolute atomic E-state index is 9.44. The van der Waals surface area contributed by atoms with Crippen molar-refractivity contribution in [3.8, 4) is 0 Å². The second-order valence-electron chi connectivity index (χ2n) is 6.23. The van der Waals surface area contributed by atoms with Crippen LogP contribution in [0.5, 0.6) is 0 Å². The Kier molecular flexibility index (Phi) is 92.9. The quantitative estimate of drug-likeness (QED) is 0.275. The van der Waals surface area contributed by atoms with Gasteiger partial charge in [-0.25, -0.2) is 0 Å². The van der Waals surface area contributed by atoms with Crippen LogP contribution < -0.4 is 0 Å². The van der Waals surface area contributed by atoms with Crippen LogP contribution in [0.2, 0.25) is 0 Å². The van der Waals surface area contributed by atoms with Gasteiger partial charge in [0.25, 0.3) is 0 Å². The van der Waals surface area contributed by atoms with Gasteiger partial charge < -0.3 is 14.4 Å². The zero-order valence-corrected chi connectivity index (χ0v) is 29.8. The van der Waals surface area contributed by atoms with Crippen LogP contribution in [-0.2, 0) is 14.4 Å². The fraction of sp³-hybridized carbons (Fsp3) is 0.486. The van der Waals surface area contributed by atoms with Gasteiger partial charge in [0.2, 0.25) is 0 Å². The molecule has 0 radical (unpaired) electrons. The summed E-state index contributed by atoms with van der Waals surface area (Å²) in [5, 5.41) is 2.62. The molecule has 0 aliphatic rings. The van der Waals surface area contributed by atoms with Gasteiger partial charge in [0.05, 0.1) is 0 Å². The lowest BCUT2D eigenvalue weighted by Crippen LogP contribution is -1.69. The molecule has 40 heavy (non-hydrogen) atoms. The third-order valence-corrected chi connectivity index (χ3v) is 2.33. The van der Waals surface area contributed by atoms with Gasteiger partial charge >= 0.3 is 0 Å². The molecule has 3 aromatic rings. The molecule has 3 rings (SSSR count). The fourth-order valence-electron chi connectivity index (χ4n) is 1.52. The third-order valence-electron chi connectivity index (χ3n) is 2.33. The van der Waals surface area contributed by atoms with Gasteiger partial charge in [-0.2, -0.15) is 0 Å². The monoisotopic (exact) mass is 561 g/mol. The number of benzene rings is 3. The van der Waals surface area contributed by atoms with E-state index in [1.54, 1.807) is 0 Å². The van der Waals surface area contributed by atoms with E-state index in [-0.39, 0.29) is 17.3 Å². The van der Waals surface area contributed by atoms with Crippen LogP contribution in [0, 0.1) is 0 Å². The van der Waals surface area contributed by atoms with Crippen molar-refractivity contribution in [2.24, 2.45) is 0 Å². The van der Waals surface area contributed by atoms with Gasteiger partial charge in [-0.05, 0) is 52.3 Å². The van der Waals surface area contributed by atoms with Crippen LogP contribution in [0.1, 0.15) is 125 Å². The first kappa shape index (κ1) is 57.0. The van der Waals surface area contributed by atoms with E-state index in [2.05, 4.69) is 48.5 Å². The van der Waals surface area contributed by atoms with Crippen molar-refractivity contribution in [3.05, 3.63) is 84.9 Å². The van der Waals surface area contributed by atoms with Crippen LogP contribution in [0.4, 0.5) is 0 Å². The maximum atomic E-state index is 9.44. The van der Waals surface area contributed by atoms with Crippen molar-refractivity contribution in [2.75, 3.05) is 0 Å². The van der Waals surface area contributed by atoms with Crippen molar-refractivity contribution < 1.29 is 14.4 Å². The minimum absolute atomic E-state index is 0.167. The van der Waals surface area contributed by atoms with E-state index in [4.69, 9.17) is 0 Å². The summed E-state index contributed by atoms with van der Waals surface area (Å²) in [5.41, 5.74) is 0. The van der Waals surface area contributed by atoms with Gasteiger partial charge in [-0.1, -0.05) is 168 Å². The minimum Gasteiger partial charge on any atom is -0.300 e. The van der Waals surface area contributed by atoms with E-state index in [0.29, 0.717) is 0 Å². The molecule has 3 aromatic carbocycles. The summed E-state index contributed by atoms with van der Waals surface area (Å²) in [6.07, 6.45) is 0. The van der Waals surface area contributed by atoms with Crippen LogP contribution >= 0.6 is 0 Å². The van der Waals surface area contributed by atoms with E-state index in [0.717, 1.165) is 0 Å². The second-order valence-corrected chi connectivity index (χ2v) is 6.23. The first-order chi connectivity index (χ1) is 19.2. The van der Waals surface area contributed by atoms with Gasteiger partial charge in [0.1, 0.15) is 17.3 Å². The number of carbonyl (C=O) groups is 3. The Hall–Kier alpha value is -3.07. The molecule has 0 N–H and O–H groups in total. The van der Waals surface area contributed by atoms with Gasteiger partial charge in [-0.3, -0.25) is 0 Å². The number of Topliss-reactive ketones (excluding diaryl/α,β-unsaturated/α-hetero) is 3. The molecule has 0 aliphatic heterocycles. The summed E-state index contributed by atoms with van der Waals surface area (Å²) in [4.78, 5) is 28.3. The van der Waals surface area contributed by atoms with Crippen molar-refractivity contribution in [1.82, 2.24) is 0 Å². The zero-order valence-electron chi connectivity index (χ0n) is 29.8. The van der Waals surface area contributed by atoms with E-state index in [1.807, 2.05) is 119 Å². The molecule has 0 bridgehead atoms.